The Morgan fingerprint density at radius 2 is 1.90 bits per heavy atom. The van der Waals surface area contributed by atoms with Gasteiger partial charge in [0.25, 0.3) is 5.82 Å². The molecule has 0 atom stereocenters. The van der Waals surface area contributed by atoms with Gasteiger partial charge in [-0.15, -0.1) is 11.3 Å². The van der Waals surface area contributed by atoms with Crippen LogP contribution in [0.1, 0.15) is 11.1 Å². The van der Waals surface area contributed by atoms with Gasteiger partial charge in [-0.05, 0) is 41.8 Å². The number of alkyl halides is 3. The van der Waals surface area contributed by atoms with Gasteiger partial charge in [-0.3, -0.25) is 0 Å². The second kappa shape index (κ2) is 7.22. The van der Waals surface area contributed by atoms with E-state index in [4.69, 9.17) is 11.7 Å². The zero-order chi connectivity index (χ0) is 20.6. The van der Waals surface area contributed by atoms with E-state index in [1.165, 1.54) is 17.4 Å². The Labute approximate surface area is 167 Å². The zero-order valence-electron chi connectivity index (χ0n) is 14.8. The molecule has 0 saturated heterocycles. The summed E-state index contributed by atoms with van der Waals surface area (Å²) in [6.07, 6.45) is -4.41. The molecule has 0 radical (unpaired) electrons. The van der Waals surface area contributed by atoms with Gasteiger partial charge in [-0.25, -0.2) is 16.1 Å². The minimum Gasteiger partial charge on any atom is -0.321 e. The second-order valence-electron chi connectivity index (χ2n) is 6.25. The molecule has 10 heteroatoms. The Balaban J connectivity index is 1.84. The summed E-state index contributed by atoms with van der Waals surface area (Å²) in [6.45, 7) is 0. The van der Waals surface area contributed by atoms with Gasteiger partial charge >= 0.3 is 6.18 Å². The number of hydrazone groups is 1. The van der Waals surface area contributed by atoms with E-state index < -0.39 is 11.7 Å². The largest absolute Gasteiger partial charge is 0.416 e. The third-order valence-electron chi connectivity index (χ3n) is 4.46. The van der Waals surface area contributed by atoms with Gasteiger partial charge in [-0.1, -0.05) is 12.1 Å². The lowest BCUT2D eigenvalue weighted by molar-refractivity contribution is -0.325. The molecule has 4 aromatic rings. The molecule has 0 spiro atoms. The number of nitrogens with zero attached hydrogens (tertiary/aromatic N) is 1. The molecular formula is C19H16F3N6S+. The Bertz CT molecular complexity index is 1230. The lowest BCUT2D eigenvalue weighted by Gasteiger charge is -2.09. The highest BCUT2D eigenvalue weighted by Gasteiger charge is 2.31. The Morgan fingerprint density at radius 3 is 2.62 bits per heavy atom. The summed E-state index contributed by atoms with van der Waals surface area (Å²) >= 11 is 1.54. The van der Waals surface area contributed by atoms with Gasteiger partial charge in [0.2, 0.25) is 0 Å². The van der Waals surface area contributed by atoms with Crippen LogP contribution in [0.3, 0.4) is 0 Å². The van der Waals surface area contributed by atoms with E-state index in [9.17, 15) is 13.2 Å². The summed E-state index contributed by atoms with van der Waals surface area (Å²) in [6, 6.07) is 12.5. The summed E-state index contributed by atoms with van der Waals surface area (Å²) in [5, 5.41) is 10.4. The molecule has 2 aromatic carbocycles. The van der Waals surface area contributed by atoms with Crippen LogP contribution in [0.15, 0.2) is 59.0 Å². The van der Waals surface area contributed by atoms with Gasteiger partial charge in [0, 0.05) is 10.9 Å². The minimum absolute atomic E-state index is 0.305. The molecule has 0 unspecified atom stereocenters. The first kappa shape index (κ1) is 19.0. The Morgan fingerprint density at radius 1 is 1.07 bits per heavy atom. The number of nitrogens with two attached hydrogens (primary N) is 2. The molecule has 0 aliphatic heterocycles. The van der Waals surface area contributed by atoms with Crippen molar-refractivity contribution in [2.45, 2.75) is 6.18 Å². The molecule has 4 rings (SSSR count). The number of pyridine rings is 1. The van der Waals surface area contributed by atoms with Crippen molar-refractivity contribution in [3.8, 4) is 0 Å². The van der Waals surface area contributed by atoms with Gasteiger partial charge in [0.1, 0.15) is 11.2 Å². The molecule has 148 valence electrons. The summed E-state index contributed by atoms with van der Waals surface area (Å²) < 4.78 is 40.1. The summed E-state index contributed by atoms with van der Waals surface area (Å²) in [7, 11) is 0. The fourth-order valence-corrected chi connectivity index (χ4v) is 4.06. The van der Waals surface area contributed by atoms with E-state index in [1.54, 1.807) is 6.07 Å². The summed E-state index contributed by atoms with van der Waals surface area (Å²) in [4.78, 5) is 3.26. The number of fused-ring (bicyclic) bond motifs is 3. The number of anilines is 2. The number of thiophene rings is 1. The lowest BCUT2D eigenvalue weighted by atomic mass is 10.1. The van der Waals surface area contributed by atoms with E-state index in [1.807, 2.05) is 29.6 Å². The maximum absolute atomic E-state index is 13.0. The number of hydrogen-bond donors (Lipinski definition) is 4. The van der Waals surface area contributed by atoms with E-state index >= 15 is 0 Å². The smallest absolute Gasteiger partial charge is 0.321 e. The molecule has 0 fully saturated rings. The van der Waals surface area contributed by atoms with Crippen LogP contribution in [0.25, 0.3) is 21.0 Å². The second-order valence-corrected chi connectivity index (χ2v) is 7.17. The highest BCUT2D eigenvalue weighted by Crippen LogP contribution is 2.34. The topological polar surface area (TPSA) is 103 Å². The van der Waals surface area contributed by atoms with Gasteiger partial charge in [0.15, 0.2) is 5.84 Å². The molecule has 7 N–H and O–H groups in total. The number of amidine groups is 1. The van der Waals surface area contributed by atoms with E-state index in [0.717, 1.165) is 33.1 Å². The molecule has 2 aromatic heterocycles. The van der Waals surface area contributed by atoms with Crippen molar-refractivity contribution in [2.24, 2.45) is 16.8 Å². The number of H-pyrrole nitrogens is 1. The van der Waals surface area contributed by atoms with Crippen LogP contribution in [0.2, 0.25) is 0 Å². The van der Waals surface area contributed by atoms with Crippen LogP contribution in [0, 0.1) is 0 Å². The van der Waals surface area contributed by atoms with Crippen molar-refractivity contribution in [2.75, 3.05) is 5.32 Å². The van der Waals surface area contributed by atoms with Crippen LogP contribution < -0.4 is 27.4 Å². The first-order valence-electron chi connectivity index (χ1n) is 8.46. The molecule has 0 aliphatic rings. The van der Waals surface area contributed by atoms with Crippen molar-refractivity contribution < 1.29 is 18.2 Å². The maximum atomic E-state index is 13.0. The van der Waals surface area contributed by atoms with Gasteiger partial charge in [0.05, 0.1) is 15.6 Å². The van der Waals surface area contributed by atoms with Crippen molar-refractivity contribution in [3.05, 3.63) is 65.0 Å². The number of aromatic amines is 1. The zero-order valence-corrected chi connectivity index (χ0v) is 15.7. The average Bonchev–Trinajstić information content (AvgIpc) is 3.19. The average molecular weight is 417 g/mol. The van der Waals surface area contributed by atoms with E-state index in [2.05, 4.69) is 20.8 Å². The molecule has 6 nitrogen and oxygen atoms in total. The molecule has 0 amide bonds. The highest BCUT2D eigenvalue weighted by atomic mass is 32.1. The number of aromatic nitrogens is 1. The number of benzene rings is 2. The standard InChI is InChI=1S/C19H15F3N6S/c20-19(21,22)11-2-1-3-12(9-11)25-18-14-6-7-29-16(14)13-5-4-10(8-15(13)26-18)17(27-23)28-24/h1-9H,23-24H2,(H,25,26)(H,27,28)/p+1. The summed E-state index contributed by atoms with van der Waals surface area (Å²) in [5.74, 6) is 11.7. The molecule has 29 heavy (non-hydrogen) atoms. The SMILES string of the molecule is N/N=C(\NN)c1ccc2c(c1)[nH+]c(Nc1cccc(C(F)(F)F)c1)c1ccsc12. The van der Waals surface area contributed by atoms with Crippen molar-refractivity contribution >= 4 is 49.7 Å². The van der Waals surface area contributed by atoms with Gasteiger partial charge in [-0.2, -0.15) is 18.3 Å². The van der Waals surface area contributed by atoms with Crippen LogP contribution >= 0.6 is 11.3 Å². The van der Waals surface area contributed by atoms with Crippen molar-refractivity contribution in [1.29, 1.82) is 0 Å². The number of halogens is 3. The fourth-order valence-electron chi connectivity index (χ4n) is 3.12. The number of nitrogens with one attached hydrogen (secondary N) is 3. The summed E-state index contributed by atoms with van der Waals surface area (Å²) in [5.41, 5.74) is 3.46. The first-order chi connectivity index (χ1) is 13.9. The number of hydrazine groups is 1. The normalized spacial score (nSPS) is 12.5. The molecule has 0 aliphatic carbocycles. The maximum Gasteiger partial charge on any atom is 0.416 e. The van der Waals surface area contributed by atoms with Crippen LogP contribution in [-0.2, 0) is 6.18 Å². The molecular weight excluding hydrogens is 401 g/mol. The van der Waals surface area contributed by atoms with E-state index in [-0.39, 0.29) is 0 Å². The minimum atomic E-state index is -4.41. The van der Waals surface area contributed by atoms with E-state index in [0.29, 0.717) is 22.9 Å². The molecule has 2 heterocycles. The first-order valence-corrected chi connectivity index (χ1v) is 9.34. The number of hydrogen-bond acceptors (Lipinski definition) is 5. The predicted molar refractivity (Wildman–Crippen MR) is 109 cm³/mol. The monoisotopic (exact) mass is 417 g/mol. The van der Waals surface area contributed by atoms with Crippen LogP contribution in [0.5, 0.6) is 0 Å². The van der Waals surface area contributed by atoms with Gasteiger partial charge < -0.3 is 11.3 Å². The van der Waals surface area contributed by atoms with Crippen LogP contribution in [-0.4, -0.2) is 5.84 Å². The third-order valence-corrected chi connectivity index (χ3v) is 5.40. The molecule has 0 bridgehead atoms. The Hall–Kier alpha value is -3.37. The van der Waals surface area contributed by atoms with Crippen LogP contribution in [0.4, 0.5) is 24.7 Å². The fraction of sp³-hybridized carbons (Fsp3) is 0.0526. The predicted octanol–water partition coefficient (Wildman–Crippen LogP) is 3.71. The number of rotatable bonds is 3. The Kier molecular flexibility index (Phi) is 4.73. The van der Waals surface area contributed by atoms with Crippen molar-refractivity contribution in [3.63, 3.8) is 0 Å². The third kappa shape index (κ3) is 3.55. The quantitative estimate of drug-likeness (QED) is 0.177. The van der Waals surface area contributed by atoms with Crippen molar-refractivity contribution in [1.82, 2.24) is 5.43 Å². The lowest BCUT2D eigenvalue weighted by Crippen LogP contribution is -2.32. The highest BCUT2D eigenvalue weighted by molar-refractivity contribution is 7.18. The molecule has 0 saturated carbocycles.